The van der Waals surface area contributed by atoms with Crippen molar-refractivity contribution in [2.45, 2.75) is 19.4 Å². The molecule has 1 unspecified atom stereocenters. The number of hydrogen-bond donors (Lipinski definition) is 2. The summed E-state index contributed by atoms with van der Waals surface area (Å²) in [6.07, 6.45) is -1.01. The molecule has 1 atom stereocenters. The Bertz CT molecular complexity index is 1520. The normalized spacial score (nSPS) is 11.6. The molecule has 0 spiro atoms. The number of nitrogens with zero attached hydrogens (tertiary/aromatic N) is 1. The number of aromatic nitrogens is 1. The third-order valence-corrected chi connectivity index (χ3v) is 5.85. The van der Waals surface area contributed by atoms with E-state index in [1.165, 1.54) is 29.8 Å². The fourth-order valence-corrected chi connectivity index (χ4v) is 4.06. The fraction of sp³-hybridized carbons (Fsp3) is 0.143. The third-order valence-electron chi connectivity index (χ3n) is 5.85. The number of carboxylic acid groups (broad SMARTS) is 1. The SMILES string of the molecule is CCC(OC(=O)c1c(-c2ccccc2)c2ccccc2c(=O)n1C)C(=O)Nc1cccc(C(=O)O)c1. The molecule has 3 aromatic carbocycles. The Balaban J connectivity index is 1.72. The van der Waals surface area contributed by atoms with Crippen molar-refractivity contribution in [2.24, 2.45) is 7.05 Å². The standard InChI is InChI=1S/C28H24N2O6/c1-3-22(25(31)29-19-13-9-12-18(16-19)27(33)34)36-28(35)24-23(17-10-5-4-6-11-17)20-14-7-8-15-21(20)26(32)30(24)2/h4-16,22H,3H2,1-2H3,(H,29,31)(H,33,34). The number of anilines is 1. The summed E-state index contributed by atoms with van der Waals surface area (Å²) in [4.78, 5) is 50.7. The van der Waals surface area contributed by atoms with Crippen molar-refractivity contribution in [3.05, 3.63) is 100 Å². The van der Waals surface area contributed by atoms with Gasteiger partial charge in [0.1, 0.15) is 5.69 Å². The number of aromatic carboxylic acids is 1. The van der Waals surface area contributed by atoms with Gasteiger partial charge in [0.15, 0.2) is 6.10 Å². The molecule has 0 aliphatic carbocycles. The molecule has 0 saturated heterocycles. The zero-order chi connectivity index (χ0) is 25.8. The van der Waals surface area contributed by atoms with Crippen LogP contribution in [0.3, 0.4) is 0 Å². The van der Waals surface area contributed by atoms with Gasteiger partial charge in [-0.3, -0.25) is 9.59 Å². The zero-order valence-electron chi connectivity index (χ0n) is 19.7. The van der Waals surface area contributed by atoms with Gasteiger partial charge in [-0.15, -0.1) is 0 Å². The van der Waals surface area contributed by atoms with Gasteiger partial charge in [0.25, 0.3) is 11.5 Å². The average Bonchev–Trinajstić information content (AvgIpc) is 2.89. The molecule has 1 heterocycles. The summed E-state index contributed by atoms with van der Waals surface area (Å²) in [5.74, 6) is -2.56. The van der Waals surface area contributed by atoms with E-state index in [1.807, 2.05) is 30.3 Å². The molecular formula is C28H24N2O6. The van der Waals surface area contributed by atoms with Crippen LogP contribution in [0.1, 0.15) is 34.2 Å². The maximum atomic E-state index is 13.5. The minimum Gasteiger partial charge on any atom is -0.478 e. The first-order valence-electron chi connectivity index (χ1n) is 11.3. The number of carbonyl (C=O) groups is 3. The van der Waals surface area contributed by atoms with Crippen LogP contribution >= 0.6 is 0 Å². The molecule has 0 aliphatic heterocycles. The minimum atomic E-state index is -1.17. The predicted octanol–water partition coefficient (Wildman–Crippen LogP) is 4.48. The number of ether oxygens (including phenoxy) is 1. The summed E-state index contributed by atoms with van der Waals surface area (Å²) in [6, 6.07) is 22.0. The second-order valence-electron chi connectivity index (χ2n) is 8.18. The van der Waals surface area contributed by atoms with Crippen molar-refractivity contribution < 1.29 is 24.2 Å². The van der Waals surface area contributed by atoms with Gasteiger partial charge in [-0.1, -0.05) is 61.5 Å². The number of amides is 1. The Labute approximate surface area is 206 Å². The quantitative estimate of drug-likeness (QED) is 0.374. The van der Waals surface area contributed by atoms with Gasteiger partial charge < -0.3 is 19.7 Å². The van der Waals surface area contributed by atoms with Crippen LogP contribution in [-0.4, -0.2) is 33.6 Å². The maximum absolute atomic E-state index is 13.5. The minimum absolute atomic E-state index is 0.0107. The number of rotatable bonds is 7. The molecule has 2 N–H and O–H groups in total. The number of nitrogens with one attached hydrogen (secondary N) is 1. The van der Waals surface area contributed by atoms with Crippen LogP contribution < -0.4 is 10.9 Å². The molecule has 0 saturated carbocycles. The van der Waals surface area contributed by atoms with Gasteiger partial charge in [-0.25, -0.2) is 9.59 Å². The van der Waals surface area contributed by atoms with Crippen molar-refractivity contribution in [3.63, 3.8) is 0 Å². The first-order valence-corrected chi connectivity index (χ1v) is 11.3. The van der Waals surface area contributed by atoms with E-state index in [2.05, 4.69) is 5.32 Å². The van der Waals surface area contributed by atoms with Gasteiger partial charge in [0, 0.05) is 23.7 Å². The number of carboxylic acids is 1. The Morgan fingerprint density at radius 2 is 1.61 bits per heavy atom. The topological polar surface area (TPSA) is 115 Å². The lowest BCUT2D eigenvalue weighted by Crippen LogP contribution is -2.34. The lowest BCUT2D eigenvalue weighted by molar-refractivity contribution is -0.124. The lowest BCUT2D eigenvalue weighted by Gasteiger charge is -2.20. The summed E-state index contributed by atoms with van der Waals surface area (Å²) in [5, 5.41) is 12.8. The highest BCUT2D eigenvalue weighted by Gasteiger charge is 2.28. The van der Waals surface area contributed by atoms with E-state index in [-0.39, 0.29) is 28.9 Å². The number of esters is 1. The lowest BCUT2D eigenvalue weighted by atomic mass is 9.97. The van der Waals surface area contributed by atoms with Gasteiger partial charge in [-0.2, -0.15) is 0 Å². The number of benzene rings is 3. The summed E-state index contributed by atoms with van der Waals surface area (Å²) in [5.41, 5.74) is 1.19. The Morgan fingerprint density at radius 1 is 0.944 bits per heavy atom. The van der Waals surface area contributed by atoms with E-state index in [0.717, 1.165) is 5.56 Å². The second kappa shape index (κ2) is 10.3. The molecule has 0 aliphatic rings. The number of hydrogen-bond acceptors (Lipinski definition) is 5. The molecular weight excluding hydrogens is 460 g/mol. The van der Waals surface area contributed by atoms with E-state index in [9.17, 15) is 24.3 Å². The Morgan fingerprint density at radius 3 is 2.28 bits per heavy atom. The molecule has 182 valence electrons. The molecule has 36 heavy (non-hydrogen) atoms. The van der Waals surface area contributed by atoms with Crippen molar-refractivity contribution in [1.29, 1.82) is 0 Å². The zero-order valence-corrected chi connectivity index (χ0v) is 19.7. The smallest absolute Gasteiger partial charge is 0.356 e. The van der Waals surface area contributed by atoms with Crippen LogP contribution in [0.15, 0.2) is 83.7 Å². The average molecular weight is 485 g/mol. The molecule has 8 nitrogen and oxygen atoms in total. The third kappa shape index (κ3) is 4.74. The van der Waals surface area contributed by atoms with E-state index in [1.54, 1.807) is 37.3 Å². The predicted molar refractivity (Wildman–Crippen MR) is 136 cm³/mol. The molecule has 4 aromatic rings. The molecule has 4 rings (SSSR count). The van der Waals surface area contributed by atoms with Gasteiger partial charge in [0.05, 0.1) is 5.56 Å². The molecule has 0 fully saturated rings. The molecule has 0 radical (unpaired) electrons. The van der Waals surface area contributed by atoms with Crippen molar-refractivity contribution in [2.75, 3.05) is 5.32 Å². The summed E-state index contributed by atoms with van der Waals surface area (Å²) < 4.78 is 6.86. The van der Waals surface area contributed by atoms with E-state index in [4.69, 9.17) is 4.74 Å². The van der Waals surface area contributed by atoms with Gasteiger partial charge >= 0.3 is 11.9 Å². The molecule has 0 bridgehead atoms. The van der Waals surface area contributed by atoms with Crippen LogP contribution in [0.5, 0.6) is 0 Å². The van der Waals surface area contributed by atoms with Crippen LogP contribution in [0.2, 0.25) is 0 Å². The van der Waals surface area contributed by atoms with E-state index in [0.29, 0.717) is 16.3 Å². The first-order chi connectivity index (χ1) is 17.3. The summed E-state index contributed by atoms with van der Waals surface area (Å²) in [6.45, 7) is 1.68. The summed E-state index contributed by atoms with van der Waals surface area (Å²) in [7, 11) is 1.50. The number of carbonyl (C=O) groups excluding carboxylic acids is 2. The highest BCUT2D eigenvalue weighted by atomic mass is 16.5. The highest BCUT2D eigenvalue weighted by molar-refractivity contribution is 6.07. The molecule has 8 heteroatoms. The van der Waals surface area contributed by atoms with Gasteiger partial charge in [-0.05, 0) is 41.6 Å². The number of pyridine rings is 1. The first kappa shape index (κ1) is 24.4. The van der Waals surface area contributed by atoms with Crippen LogP contribution in [-0.2, 0) is 16.6 Å². The van der Waals surface area contributed by atoms with Crippen molar-refractivity contribution in [1.82, 2.24) is 4.57 Å². The van der Waals surface area contributed by atoms with Crippen LogP contribution in [0.25, 0.3) is 21.9 Å². The Hall–Kier alpha value is -4.72. The largest absolute Gasteiger partial charge is 0.478 e. The second-order valence-corrected chi connectivity index (χ2v) is 8.18. The monoisotopic (exact) mass is 484 g/mol. The fourth-order valence-electron chi connectivity index (χ4n) is 4.06. The van der Waals surface area contributed by atoms with Gasteiger partial charge in [0.2, 0.25) is 0 Å². The van der Waals surface area contributed by atoms with Crippen LogP contribution in [0.4, 0.5) is 5.69 Å². The van der Waals surface area contributed by atoms with Crippen LogP contribution in [0, 0.1) is 0 Å². The van der Waals surface area contributed by atoms with E-state index >= 15 is 0 Å². The maximum Gasteiger partial charge on any atom is 0.356 e. The highest BCUT2D eigenvalue weighted by Crippen LogP contribution is 2.31. The Kier molecular flexibility index (Phi) is 6.96. The van der Waals surface area contributed by atoms with Crippen molar-refractivity contribution in [3.8, 4) is 11.1 Å². The molecule has 1 amide bonds. The summed E-state index contributed by atoms with van der Waals surface area (Å²) >= 11 is 0. The van der Waals surface area contributed by atoms with Crippen molar-refractivity contribution >= 4 is 34.3 Å². The molecule has 1 aromatic heterocycles. The number of fused-ring (bicyclic) bond motifs is 1. The van der Waals surface area contributed by atoms with E-state index < -0.39 is 23.9 Å².